The third-order valence-corrected chi connectivity index (χ3v) is 9.10. The van der Waals surface area contributed by atoms with Gasteiger partial charge in [-0.3, -0.25) is 9.69 Å². The van der Waals surface area contributed by atoms with Gasteiger partial charge in [0.15, 0.2) is 0 Å². The summed E-state index contributed by atoms with van der Waals surface area (Å²) in [5.41, 5.74) is 2.46. The van der Waals surface area contributed by atoms with Crippen LogP contribution in [0.1, 0.15) is 65.4 Å². The summed E-state index contributed by atoms with van der Waals surface area (Å²) < 4.78 is 43.9. The molecule has 0 amide bonds. The van der Waals surface area contributed by atoms with Crippen molar-refractivity contribution in [3.8, 4) is 11.5 Å². The number of anilines is 1. The lowest BCUT2D eigenvalue weighted by atomic mass is 9.85. The molecule has 5 atom stereocenters. The molecular formula is C38H55F2N3O4. The molecule has 2 aliphatic rings. The number of hydrogen-bond acceptors (Lipinski definition) is 7. The van der Waals surface area contributed by atoms with E-state index in [1.165, 1.54) is 12.8 Å². The van der Waals surface area contributed by atoms with Crippen LogP contribution < -0.4 is 14.8 Å². The molecule has 0 aliphatic carbocycles. The number of allylic oxidation sites excluding steroid dienone is 8. The Morgan fingerprint density at radius 2 is 1.77 bits per heavy atom. The van der Waals surface area contributed by atoms with Crippen molar-refractivity contribution in [3.05, 3.63) is 78.6 Å². The van der Waals surface area contributed by atoms with Gasteiger partial charge in [0.1, 0.15) is 17.5 Å². The van der Waals surface area contributed by atoms with Gasteiger partial charge in [0.05, 0.1) is 18.9 Å². The van der Waals surface area contributed by atoms with Crippen molar-refractivity contribution in [2.45, 2.75) is 85.1 Å². The van der Waals surface area contributed by atoms with E-state index in [-0.39, 0.29) is 42.1 Å². The molecule has 2 heterocycles. The highest BCUT2D eigenvalue weighted by Crippen LogP contribution is 2.38. The Bertz CT molecular complexity index is 1270. The van der Waals surface area contributed by atoms with Gasteiger partial charge < -0.3 is 24.4 Å². The van der Waals surface area contributed by atoms with E-state index in [9.17, 15) is 13.6 Å². The van der Waals surface area contributed by atoms with E-state index in [4.69, 9.17) is 14.2 Å². The predicted molar refractivity (Wildman–Crippen MR) is 187 cm³/mol. The fourth-order valence-electron chi connectivity index (χ4n) is 6.34. The number of nitrogens with zero attached hydrogens (tertiary/aromatic N) is 2. The van der Waals surface area contributed by atoms with Gasteiger partial charge in [-0.25, -0.2) is 0 Å². The number of esters is 1. The van der Waals surface area contributed by atoms with Gasteiger partial charge in [-0.05, 0) is 63.6 Å². The summed E-state index contributed by atoms with van der Waals surface area (Å²) in [6.45, 7) is 12.2. The molecular weight excluding hydrogens is 600 g/mol. The van der Waals surface area contributed by atoms with Gasteiger partial charge in [-0.15, -0.1) is 0 Å². The summed E-state index contributed by atoms with van der Waals surface area (Å²) in [6, 6.07) is 2.92. The van der Waals surface area contributed by atoms with Crippen LogP contribution in [0.5, 0.6) is 11.5 Å². The highest BCUT2D eigenvalue weighted by Gasteiger charge is 2.33. The lowest BCUT2D eigenvalue weighted by molar-refractivity contribution is -0.146. The minimum absolute atomic E-state index is 0.0363. The number of carbonyl (C=O) groups is 1. The molecule has 1 unspecified atom stereocenters. The molecule has 1 N–H and O–H groups in total. The Hall–Kier alpha value is -3.59. The van der Waals surface area contributed by atoms with Crippen LogP contribution in [0.3, 0.4) is 0 Å². The first-order valence-corrected chi connectivity index (χ1v) is 17.0. The SMILES string of the molecule is C=C/C=C\C(C)/C=C/C=C(\[C@H](/C=C\CC)[C@@H](C)[C@H](C)Oc1cc(OC(F)F)c(CN2CCC[C@H]2C(=O)OC)cc1NC)N1CCCC1. The molecule has 3 rings (SSSR count). The smallest absolute Gasteiger partial charge is 0.387 e. The molecule has 0 aromatic heterocycles. The Kier molecular flexibility index (Phi) is 15.5. The van der Waals surface area contributed by atoms with Crippen LogP contribution >= 0.6 is 0 Å². The minimum Gasteiger partial charge on any atom is -0.488 e. The van der Waals surface area contributed by atoms with Gasteiger partial charge >= 0.3 is 12.6 Å². The Balaban J connectivity index is 1.93. The fraction of sp³-hybridized carbons (Fsp3) is 0.553. The summed E-state index contributed by atoms with van der Waals surface area (Å²) in [5, 5.41) is 3.18. The van der Waals surface area contributed by atoms with Crippen LogP contribution in [0, 0.1) is 17.8 Å². The lowest BCUT2D eigenvalue weighted by Gasteiger charge is -2.34. The lowest BCUT2D eigenvalue weighted by Crippen LogP contribution is -2.36. The summed E-state index contributed by atoms with van der Waals surface area (Å²) >= 11 is 0. The van der Waals surface area contributed by atoms with E-state index in [2.05, 4.69) is 74.0 Å². The van der Waals surface area contributed by atoms with E-state index in [0.717, 1.165) is 38.8 Å². The Morgan fingerprint density at radius 3 is 2.40 bits per heavy atom. The fourth-order valence-corrected chi connectivity index (χ4v) is 6.34. The molecule has 0 saturated carbocycles. The molecule has 2 aliphatic heterocycles. The number of ether oxygens (including phenoxy) is 3. The van der Waals surface area contributed by atoms with E-state index < -0.39 is 12.7 Å². The van der Waals surface area contributed by atoms with Crippen molar-refractivity contribution in [1.29, 1.82) is 0 Å². The second-order valence-corrected chi connectivity index (χ2v) is 12.4. The summed E-state index contributed by atoms with van der Waals surface area (Å²) in [6.07, 6.45) is 21.4. The second kappa shape index (κ2) is 19.3. The molecule has 0 bridgehead atoms. The quantitative estimate of drug-likeness (QED) is 0.0969. The standard InChI is InChI=1S/C38H55F2N3O4/c1-8-10-16-27(3)17-14-19-33(42-21-12-13-22-42)31(18-11-9-2)28(4)29(5)46-36-25-35(47-38(39)40)30(24-32(36)41-6)26-43-23-15-20-34(43)37(44)45-7/h8,10-11,14,16-19,24-25,27-29,31,34,38,41H,1,9,12-13,15,20-23,26H2,2-7H3/b16-10-,17-14+,18-11-,33-19+/t27?,28-,29-,31+,34-/m0/s1. The molecule has 1 aromatic carbocycles. The van der Waals surface area contributed by atoms with Gasteiger partial charge in [-0.1, -0.05) is 69.9 Å². The van der Waals surface area contributed by atoms with E-state index in [1.807, 2.05) is 17.9 Å². The van der Waals surface area contributed by atoms with Crippen molar-refractivity contribution in [2.75, 3.05) is 39.1 Å². The van der Waals surface area contributed by atoms with Gasteiger partial charge in [0.25, 0.3) is 0 Å². The predicted octanol–water partition coefficient (Wildman–Crippen LogP) is 8.37. The number of hydrogen-bond donors (Lipinski definition) is 1. The molecule has 0 spiro atoms. The molecule has 1 aromatic rings. The number of nitrogens with one attached hydrogen (secondary N) is 1. The normalized spacial score (nSPS) is 20.3. The number of alkyl halides is 2. The van der Waals surface area contributed by atoms with Crippen LogP contribution in [-0.2, 0) is 16.1 Å². The second-order valence-electron chi connectivity index (χ2n) is 12.4. The molecule has 47 heavy (non-hydrogen) atoms. The topological polar surface area (TPSA) is 63.3 Å². The zero-order valence-electron chi connectivity index (χ0n) is 29.1. The zero-order valence-corrected chi connectivity index (χ0v) is 29.1. The third-order valence-electron chi connectivity index (χ3n) is 9.10. The monoisotopic (exact) mass is 655 g/mol. The molecule has 260 valence electrons. The van der Waals surface area contributed by atoms with Crippen LogP contribution in [0.25, 0.3) is 0 Å². The molecule has 2 fully saturated rings. The first kappa shape index (κ1) is 37.9. The van der Waals surface area contributed by atoms with E-state index in [0.29, 0.717) is 30.0 Å². The first-order valence-electron chi connectivity index (χ1n) is 17.0. The Morgan fingerprint density at radius 1 is 1.04 bits per heavy atom. The van der Waals surface area contributed by atoms with Crippen LogP contribution in [0.15, 0.2) is 73.0 Å². The average molecular weight is 656 g/mol. The van der Waals surface area contributed by atoms with Crippen molar-refractivity contribution in [1.82, 2.24) is 9.80 Å². The average Bonchev–Trinajstić information content (AvgIpc) is 3.76. The maximum atomic E-state index is 13.7. The highest BCUT2D eigenvalue weighted by atomic mass is 19.3. The van der Waals surface area contributed by atoms with E-state index >= 15 is 0 Å². The summed E-state index contributed by atoms with van der Waals surface area (Å²) in [5.74, 6) is 0.549. The number of carbonyl (C=O) groups excluding carboxylic acids is 1. The van der Waals surface area contributed by atoms with Crippen LogP contribution in [0.4, 0.5) is 14.5 Å². The number of rotatable bonds is 18. The van der Waals surface area contributed by atoms with Crippen LogP contribution in [-0.4, -0.2) is 68.3 Å². The number of halogens is 2. The first-order chi connectivity index (χ1) is 22.6. The molecule has 7 nitrogen and oxygen atoms in total. The third kappa shape index (κ3) is 11.0. The van der Waals surface area contributed by atoms with Crippen LogP contribution in [0.2, 0.25) is 0 Å². The molecule has 2 saturated heterocycles. The summed E-state index contributed by atoms with van der Waals surface area (Å²) in [4.78, 5) is 16.8. The van der Waals surface area contributed by atoms with Crippen molar-refractivity contribution < 1.29 is 27.8 Å². The van der Waals surface area contributed by atoms with Gasteiger partial charge in [0.2, 0.25) is 0 Å². The van der Waals surface area contributed by atoms with Crippen molar-refractivity contribution >= 4 is 11.7 Å². The molecule has 9 heteroatoms. The molecule has 0 radical (unpaired) electrons. The zero-order chi connectivity index (χ0) is 34.3. The largest absolute Gasteiger partial charge is 0.488 e. The van der Waals surface area contributed by atoms with Crippen molar-refractivity contribution in [2.24, 2.45) is 17.8 Å². The minimum atomic E-state index is -3.01. The Labute approximate surface area is 281 Å². The summed E-state index contributed by atoms with van der Waals surface area (Å²) in [7, 11) is 3.14. The van der Waals surface area contributed by atoms with Gasteiger partial charge in [0, 0.05) is 55.8 Å². The number of likely N-dealkylation sites (tertiary alicyclic amines) is 2. The number of benzene rings is 1. The highest BCUT2D eigenvalue weighted by molar-refractivity contribution is 5.76. The maximum Gasteiger partial charge on any atom is 0.387 e. The van der Waals surface area contributed by atoms with Crippen molar-refractivity contribution in [3.63, 3.8) is 0 Å². The maximum absolute atomic E-state index is 13.7. The van der Waals surface area contributed by atoms with E-state index in [1.54, 1.807) is 25.3 Å². The number of methoxy groups -OCH3 is 1. The van der Waals surface area contributed by atoms with Gasteiger partial charge in [-0.2, -0.15) is 8.78 Å².